The number of ether oxygens (including phenoxy) is 1. The van der Waals surface area contributed by atoms with Crippen LogP contribution in [0.25, 0.3) is 0 Å². The van der Waals surface area contributed by atoms with E-state index in [1.54, 1.807) is 7.11 Å². The number of hydrogen-bond donors (Lipinski definition) is 1. The molecule has 0 aromatic carbocycles. The molecule has 0 aliphatic rings. The Hall–Kier alpha value is -0.340. The van der Waals surface area contributed by atoms with Crippen molar-refractivity contribution in [2.75, 3.05) is 20.3 Å². The Balaban J connectivity index is 3.30. The molecule has 0 atom stereocenters. The molecule has 0 fully saturated rings. The number of hydrogen-bond acceptors (Lipinski definition) is 2. The second-order valence-corrected chi connectivity index (χ2v) is 2.06. The van der Waals surface area contributed by atoms with Gasteiger partial charge in [-0.1, -0.05) is 11.6 Å². The minimum absolute atomic E-state index is 0.722. The van der Waals surface area contributed by atoms with Gasteiger partial charge in [0.1, 0.15) is 0 Å². The molecule has 0 amide bonds. The number of nitrogens with two attached hydrogens (primary N) is 1. The van der Waals surface area contributed by atoms with Gasteiger partial charge in [-0.2, -0.15) is 0 Å². The zero-order valence-corrected chi connectivity index (χ0v) is 6.18. The van der Waals surface area contributed by atoms with Crippen molar-refractivity contribution in [3.8, 4) is 0 Å². The standard InChI is InChI=1S/C7H15NO/c1-7(6-9-2)4-3-5-8/h4H,3,5-6,8H2,1-2H3/b7-4-. The minimum Gasteiger partial charge on any atom is -0.380 e. The Morgan fingerprint density at radius 3 is 2.78 bits per heavy atom. The average Bonchev–Trinajstić information content (AvgIpc) is 1.85. The van der Waals surface area contributed by atoms with Gasteiger partial charge in [0.25, 0.3) is 0 Å². The van der Waals surface area contributed by atoms with Crippen molar-refractivity contribution in [1.29, 1.82) is 0 Å². The third-order valence-corrected chi connectivity index (χ3v) is 1.03. The lowest BCUT2D eigenvalue weighted by atomic mass is 10.2. The third kappa shape index (κ3) is 5.53. The highest BCUT2D eigenvalue weighted by Gasteiger charge is 1.84. The fourth-order valence-corrected chi connectivity index (χ4v) is 0.616. The van der Waals surface area contributed by atoms with Crippen LogP contribution in [0, 0.1) is 0 Å². The smallest absolute Gasteiger partial charge is 0.0670 e. The number of methoxy groups -OCH3 is 1. The maximum absolute atomic E-state index is 5.29. The van der Waals surface area contributed by atoms with E-state index < -0.39 is 0 Å². The van der Waals surface area contributed by atoms with Gasteiger partial charge in [0.05, 0.1) is 6.61 Å². The Kier molecular flexibility index (Phi) is 5.57. The Morgan fingerprint density at radius 1 is 1.67 bits per heavy atom. The summed E-state index contributed by atoms with van der Waals surface area (Å²) in [6.45, 7) is 3.49. The first kappa shape index (κ1) is 8.66. The highest BCUT2D eigenvalue weighted by atomic mass is 16.5. The number of rotatable bonds is 4. The van der Waals surface area contributed by atoms with Crippen molar-refractivity contribution in [1.82, 2.24) is 0 Å². The van der Waals surface area contributed by atoms with Crippen LogP contribution in [0.2, 0.25) is 0 Å². The van der Waals surface area contributed by atoms with Crippen molar-refractivity contribution in [2.24, 2.45) is 5.73 Å². The lowest BCUT2D eigenvalue weighted by molar-refractivity contribution is 0.225. The summed E-state index contributed by atoms with van der Waals surface area (Å²) in [4.78, 5) is 0. The summed E-state index contributed by atoms with van der Waals surface area (Å²) in [5.74, 6) is 0. The molecule has 9 heavy (non-hydrogen) atoms. The first-order valence-electron chi connectivity index (χ1n) is 3.16. The first-order chi connectivity index (χ1) is 4.31. The van der Waals surface area contributed by atoms with Gasteiger partial charge in [0.15, 0.2) is 0 Å². The van der Waals surface area contributed by atoms with Gasteiger partial charge < -0.3 is 10.5 Å². The summed E-state index contributed by atoms with van der Waals surface area (Å²) < 4.78 is 4.89. The largest absolute Gasteiger partial charge is 0.380 e. The molecule has 0 aliphatic carbocycles. The van der Waals surface area contributed by atoms with E-state index in [0.717, 1.165) is 19.6 Å². The second-order valence-electron chi connectivity index (χ2n) is 2.06. The van der Waals surface area contributed by atoms with E-state index >= 15 is 0 Å². The molecule has 0 aromatic heterocycles. The van der Waals surface area contributed by atoms with Gasteiger partial charge in [-0.15, -0.1) is 0 Å². The van der Waals surface area contributed by atoms with Gasteiger partial charge in [0.2, 0.25) is 0 Å². The van der Waals surface area contributed by atoms with E-state index in [4.69, 9.17) is 10.5 Å². The molecule has 0 unspecified atom stereocenters. The molecule has 0 spiro atoms. The van der Waals surface area contributed by atoms with Crippen LogP contribution in [0.5, 0.6) is 0 Å². The summed E-state index contributed by atoms with van der Waals surface area (Å²) in [7, 11) is 1.69. The molecule has 0 saturated heterocycles. The quantitative estimate of drug-likeness (QED) is 0.573. The molecule has 54 valence electrons. The summed E-state index contributed by atoms with van der Waals surface area (Å²) in [6.07, 6.45) is 3.05. The fourth-order valence-electron chi connectivity index (χ4n) is 0.616. The fraction of sp³-hybridized carbons (Fsp3) is 0.714. The average molecular weight is 129 g/mol. The summed E-state index contributed by atoms with van der Waals surface area (Å²) in [5.41, 5.74) is 6.54. The monoisotopic (exact) mass is 129 g/mol. The van der Waals surface area contributed by atoms with Crippen molar-refractivity contribution in [2.45, 2.75) is 13.3 Å². The zero-order valence-electron chi connectivity index (χ0n) is 6.18. The lowest BCUT2D eigenvalue weighted by Gasteiger charge is -1.96. The summed E-state index contributed by atoms with van der Waals surface area (Å²) in [5, 5.41) is 0. The zero-order chi connectivity index (χ0) is 7.11. The van der Waals surface area contributed by atoms with Crippen LogP contribution in [0.15, 0.2) is 11.6 Å². The maximum atomic E-state index is 5.29. The van der Waals surface area contributed by atoms with E-state index in [0.29, 0.717) is 0 Å². The maximum Gasteiger partial charge on any atom is 0.0670 e. The van der Waals surface area contributed by atoms with Crippen LogP contribution < -0.4 is 5.73 Å². The van der Waals surface area contributed by atoms with Gasteiger partial charge in [-0.25, -0.2) is 0 Å². The molecule has 0 aromatic rings. The molecule has 2 nitrogen and oxygen atoms in total. The molecule has 0 rings (SSSR count). The molecule has 0 aliphatic heterocycles. The highest BCUT2D eigenvalue weighted by molar-refractivity contribution is 4.97. The van der Waals surface area contributed by atoms with Crippen molar-refractivity contribution in [3.63, 3.8) is 0 Å². The second kappa shape index (κ2) is 5.79. The van der Waals surface area contributed by atoms with Crippen LogP contribution in [0.3, 0.4) is 0 Å². The first-order valence-corrected chi connectivity index (χ1v) is 3.16. The van der Waals surface area contributed by atoms with E-state index in [9.17, 15) is 0 Å². The summed E-state index contributed by atoms with van der Waals surface area (Å²) >= 11 is 0. The van der Waals surface area contributed by atoms with Crippen molar-refractivity contribution < 1.29 is 4.74 Å². The van der Waals surface area contributed by atoms with Gasteiger partial charge >= 0.3 is 0 Å². The van der Waals surface area contributed by atoms with Crippen molar-refractivity contribution in [3.05, 3.63) is 11.6 Å². The molecule has 0 radical (unpaired) electrons. The van der Waals surface area contributed by atoms with Crippen molar-refractivity contribution >= 4 is 0 Å². The van der Waals surface area contributed by atoms with Gasteiger partial charge in [-0.05, 0) is 19.9 Å². The summed E-state index contributed by atoms with van der Waals surface area (Å²) in [6, 6.07) is 0. The Bertz CT molecular complexity index is 88.9. The molecular weight excluding hydrogens is 114 g/mol. The highest BCUT2D eigenvalue weighted by Crippen LogP contribution is 1.93. The minimum atomic E-state index is 0.722. The third-order valence-electron chi connectivity index (χ3n) is 1.03. The van der Waals surface area contributed by atoms with Gasteiger partial charge in [-0.3, -0.25) is 0 Å². The topological polar surface area (TPSA) is 35.2 Å². The molecule has 2 N–H and O–H groups in total. The van der Waals surface area contributed by atoms with E-state index in [2.05, 4.69) is 6.08 Å². The van der Waals surface area contributed by atoms with Crippen LogP contribution in [0.1, 0.15) is 13.3 Å². The Morgan fingerprint density at radius 2 is 2.33 bits per heavy atom. The van der Waals surface area contributed by atoms with E-state index in [1.165, 1.54) is 5.57 Å². The predicted octanol–water partition coefficient (Wildman–Crippen LogP) is 0.928. The molecule has 0 bridgehead atoms. The molecular formula is C7H15NO. The van der Waals surface area contributed by atoms with Crippen LogP contribution in [0.4, 0.5) is 0 Å². The molecule has 0 heterocycles. The Labute approximate surface area is 56.7 Å². The lowest BCUT2D eigenvalue weighted by Crippen LogP contribution is -1.97. The van der Waals surface area contributed by atoms with Crippen LogP contribution in [-0.4, -0.2) is 20.3 Å². The predicted molar refractivity (Wildman–Crippen MR) is 39.3 cm³/mol. The van der Waals surface area contributed by atoms with E-state index in [-0.39, 0.29) is 0 Å². The molecule has 2 heteroatoms. The van der Waals surface area contributed by atoms with Gasteiger partial charge in [0, 0.05) is 7.11 Å². The normalized spacial score (nSPS) is 12.1. The molecule has 0 saturated carbocycles. The van der Waals surface area contributed by atoms with E-state index in [1.807, 2.05) is 6.92 Å². The van der Waals surface area contributed by atoms with Crippen LogP contribution >= 0.6 is 0 Å². The SMILES string of the molecule is COC/C(C)=C\CCN. The van der Waals surface area contributed by atoms with Crippen LogP contribution in [-0.2, 0) is 4.74 Å².